The molecule has 25 heavy (non-hydrogen) atoms. The summed E-state index contributed by atoms with van der Waals surface area (Å²) >= 11 is 0. The van der Waals surface area contributed by atoms with Crippen molar-refractivity contribution < 1.29 is 23.5 Å². The van der Waals surface area contributed by atoms with Crippen LogP contribution in [0.5, 0.6) is 0 Å². The van der Waals surface area contributed by atoms with Gasteiger partial charge in [0.1, 0.15) is 11.9 Å². The molecule has 7 nitrogen and oxygen atoms in total. The van der Waals surface area contributed by atoms with E-state index in [1.54, 1.807) is 39.1 Å². The molecule has 3 aromatic rings. The number of rotatable bonds is 3. The Balaban J connectivity index is 2.10. The molecule has 1 aromatic carbocycles. The number of hydrogen-bond acceptors (Lipinski definition) is 6. The molecule has 0 amide bonds. The molecule has 1 N–H and O–H groups in total. The Morgan fingerprint density at radius 1 is 1.20 bits per heavy atom. The van der Waals surface area contributed by atoms with Gasteiger partial charge in [-0.3, -0.25) is 0 Å². The highest BCUT2D eigenvalue weighted by Crippen LogP contribution is 2.31. The van der Waals surface area contributed by atoms with Crippen molar-refractivity contribution in [1.82, 2.24) is 9.97 Å². The van der Waals surface area contributed by atoms with Crippen LogP contribution in [-0.4, -0.2) is 34.6 Å². The summed E-state index contributed by atoms with van der Waals surface area (Å²) in [6.07, 6.45) is 2.81. The van der Waals surface area contributed by atoms with Gasteiger partial charge in [-0.05, 0) is 32.9 Å². The number of nitrogens with one attached hydrogen (secondary N) is 1. The number of esters is 2. The third-order valence-electron chi connectivity index (χ3n) is 3.45. The summed E-state index contributed by atoms with van der Waals surface area (Å²) in [7, 11) is 1.27. The zero-order chi connectivity index (χ0) is 18.2. The SMILES string of the molecule is COC(=O)c1coc(-c2cccc3[nH]cc(C(=O)OC(C)(C)C)c23)n1. The number of nitrogens with zero attached hydrogens (tertiary/aromatic N) is 1. The molecule has 0 saturated carbocycles. The van der Waals surface area contributed by atoms with Crippen LogP contribution in [0.3, 0.4) is 0 Å². The number of carbonyl (C=O) groups is 2. The summed E-state index contributed by atoms with van der Waals surface area (Å²) in [5.41, 5.74) is 1.13. The number of methoxy groups -OCH3 is 1. The van der Waals surface area contributed by atoms with E-state index < -0.39 is 17.5 Å². The standard InChI is InChI=1S/C18H18N2O5/c1-18(2,3)25-16(21)11-8-19-12-7-5-6-10(14(11)12)15-20-13(9-24-15)17(22)23-4/h5-9,19H,1-4H3. The van der Waals surface area contributed by atoms with Crippen molar-refractivity contribution in [3.63, 3.8) is 0 Å². The Morgan fingerprint density at radius 3 is 2.64 bits per heavy atom. The number of oxazole rings is 1. The highest BCUT2D eigenvalue weighted by Gasteiger charge is 2.24. The minimum atomic E-state index is -0.614. The first kappa shape index (κ1) is 16.8. The topological polar surface area (TPSA) is 94.4 Å². The first-order chi connectivity index (χ1) is 11.8. The van der Waals surface area contributed by atoms with Gasteiger partial charge in [0, 0.05) is 22.7 Å². The lowest BCUT2D eigenvalue weighted by Crippen LogP contribution is -2.23. The van der Waals surface area contributed by atoms with Crippen molar-refractivity contribution in [2.45, 2.75) is 26.4 Å². The third kappa shape index (κ3) is 3.26. The average molecular weight is 342 g/mol. The lowest BCUT2D eigenvalue weighted by atomic mass is 10.1. The molecule has 0 atom stereocenters. The zero-order valence-electron chi connectivity index (χ0n) is 14.4. The summed E-state index contributed by atoms with van der Waals surface area (Å²) in [6.45, 7) is 5.41. The number of hydrogen-bond donors (Lipinski definition) is 1. The van der Waals surface area contributed by atoms with Crippen LogP contribution in [-0.2, 0) is 9.47 Å². The largest absolute Gasteiger partial charge is 0.464 e. The third-order valence-corrected chi connectivity index (χ3v) is 3.45. The molecular weight excluding hydrogens is 324 g/mol. The Bertz CT molecular complexity index is 946. The van der Waals surface area contributed by atoms with Crippen molar-refractivity contribution in [2.24, 2.45) is 0 Å². The minimum absolute atomic E-state index is 0.0591. The number of H-pyrrole nitrogens is 1. The van der Waals surface area contributed by atoms with E-state index in [0.29, 0.717) is 16.5 Å². The molecule has 0 aliphatic rings. The van der Waals surface area contributed by atoms with Gasteiger partial charge < -0.3 is 18.9 Å². The molecule has 2 aromatic heterocycles. The molecule has 7 heteroatoms. The molecule has 0 unspecified atom stereocenters. The summed E-state index contributed by atoms with van der Waals surface area (Å²) < 4.78 is 15.5. The quantitative estimate of drug-likeness (QED) is 0.731. The van der Waals surface area contributed by atoms with Crippen LogP contribution in [0, 0.1) is 0 Å². The monoisotopic (exact) mass is 342 g/mol. The normalized spacial score (nSPS) is 11.5. The summed E-state index contributed by atoms with van der Waals surface area (Å²) in [5, 5.41) is 0.620. The van der Waals surface area contributed by atoms with E-state index in [1.807, 2.05) is 6.07 Å². The van der Waals surface area contributed by atoms with E-state index in [-0.39, 0.29) is 11.6 Å². The summed E-state index contributed by atoms with van der Waals surface area (Å²) in [5.74, 6) is -0.829. The predicted octanol–water partition coefficient (Wildman–Crippen LogP) is 3.56. The lowest BCUT2D eigenvalue weighted by molar-refractivity contribution is 0.00717. The summed E-state index contributed by atoms with van der Waals surface area (Å²) in [4.78, 5) is 31.3. The number of fused-ring (bicyclic) bond motifs is 1. The zero-order valence-corrected chi connectivity index (χ0v) is 14.4. The van der Waals surface area contributed by atoms with Crippen molar-refractivity contribution in [3.05, 3.63) is 41.9 Å². The molecular formula is C18H18N2O5. The van der Waals surface area contributed by atoms with E-state index in [1.165, 1.54) is 13.4 Å². The van der Waals surface area contributed by atoms with Crippen LogP contribution in [0.2, 0.25) is 0 Å². The van der Waals surface area contributed by atoms with Gasteiger partial charge in [0.2, 0.25) is 5.89 Å². The fourth-order valence-electron chi connectivity index (χ4n) is 2.45. The minimum Gasteiger partial charge on any atom is -0.464 e. The fourth-order valence-corrected chi connectivity index (χ4v) is 2.45. The van der Waals surface area contributed by atoms with Gasteiger partial charge >= 0.3 is 11.9 Å². The highest BCUT2D eigenvalue weighted by molar-refractivity contribution is 6.09. The second-order valence-corrected chi connectivity index (χ2v) is 6.46. The molecule has 0 bridgehead atoms. The van der Waals surface area contributed by atoms with Gasteiger partial charge in [-0.2, -0.15) is 0 Å². The molecule has 0 aliphatic heterocycles. The van der Waals surface area contributed by atoms with Gasteiger partial charge in [-0.25, -0.2) is 14.6 Å². The lowest BCUT2D eigenvalue weighted by Gasteiger charge is -2.19. The first-order valence-electron chi connectivity index (χ1n) is 7.68. The van der Waals surface area contributed by atoms with Crippen LogP contribution in [0.4, 0.5) is 0 Å². The first-order valence-corrected chi connectivity index (χ1v) is 7.68. The maximum absolute atomic E-state index is 12.5. The Morgan fingerprint density at radius 2 is 1.96 bits per heavy atom. The molecule has 2 heterocycles. The molecule has 0 saturated heterocycles. The van der Waals surface area contributed by atoms with E-state index in [9.17, 15) is 9.59 Å². The Labute approximate surface area is 143 Å². The molecule has 0 radical (unpaired) electrons. The van der Waals surface area contributed by atoms with Crippen molar-refractivity contribution in [1.29, 1.82) is 0 Å². The number of aromatic nitrogens is 2. The van der Waals surface area contributed by atoms with Gasteiger partial charge in [0.15, 0.2) is 5.69 Å². The smallest absolute Gasteiger partial charge is 0.360 e. The number of carbonyl (C=O) groups excluding carboxylic acids is 2. The van der Waals surface area contributed by atoms with Crippen molar-refractivity contribution in [2.75, 3.05) is 7.11 Å². The second-order valence-electron chi connectivity index (χ2n) is 6.46. The van der Waals surface area contributed by atoms with Gasteiger partial charge in [0.25, 0.3) is 0 Å². The highest BCUT2D eigenvalue weighted by atomic mass is 16.6. The van der Waals surface area contributed by atoms with Crippen LogP contribution in [0.15, 0.2) is 35.1 Å². The van der Waals surface area contributed by atoms with Crippen LogP contribution >= 0.6 is 0 Å². The van der Waals surface area contributed by atoms with Crippen LogP contribution < -0.4 is 0 Å². The maximum Gasteiger partial charge on any atom is 0.360 e. The second kappa shape index (κ2) is 6.08. The maximum atomic E-state index is 12.5. The van der Waals surface area contributed by atoms with Crippen LogP contribution in [0.1, 0.15) is 41.6 Å². The van der Waals surface area contributed by atoms with E-state index in [0.717, 1.165) is 5.52 Å². The number of aromatic amines is 1. The fraction of sp³-hybridized carbons (Fsp3) is 0.278. The van der Waals surface area contributed by atoms with Crippen molar-refractivity contribution in [3.8, 4) is 11.5 Å². The van der Waals surface area contributed by atoms with E-state index in [4.69, 9.17) is 9.15 Å². The predicted molar refractivity (Wildman–Crippen MR) is 90.3 cm³/mol. The number of ether oxygens (including phenoxy) is 2. The number of benzene rings is 1. The molecule has 0 aliphatic carbocycles. The molecule has 0 spiro atoms. The molecule has 3 rings (SSSR count). The van der Waals surface area contributed by atoms with Crippen molar-refractivity contribution >= 4 is 22.8 Å². The van der Waals surface area contributed by atoms with Crippen LogP contribution in [0.25, 0.3) is 22.4 Å². The molecule has 130 valence electrons. The van der Waals surface area contributed by atoms with E-state index in [2.05, 4.69) is 14.7 Å². The van der Waals surface area contributed by atoms with Gasteiger partial charge in [-0.15, -0.1) is 0 Å². The van der Waals surface area contributed by atoms with E-state index >= 15 is 0 Å². The average Bonchev–Trinajstić information content (AvgIpc) is 3.19. The van der Waals surface area contributed by atoms with Gasteiger partial charge in [-0.1, -0.05) is 6.07 Å². The Hall–Kier alpha value is -3.09. The summed E-state index contributed by atoms with van der Waals surface area (Å²) in [6, 6.07) is 5.39. The Kier molecular flexibility index (Phi) is 4.08. The van der Waals surface area contributed by atoms with Gasteiger partial charge in [0.05, 0.1) is 12.7 Å². The molecule has 0 fully saturated rings.